The highest BCUT2D eigenvalue weighted by Crippen LogP contribution is 2.47. The van der Waals surface area contributed by atoms with Crippen molar-refractivity contribution < 1.29 is 0 Å². The third-order valence-electron chi connectivity index (χ3n) is 8.82. The van der Waals surface area contributed by atoms with Gasteiger partial charge >= 0.3 is 0 Å². The third-order valence-corrected chi connectivity index (χ3v) is 10.1. The van der Waals surface area contributed by atoms with E-state index in [4.69, 9.17) is 0 Å². The molecule has 0 spiro atoms. The van der Waals surface area contributed by atoms with Crippen LogP contribution in [0.3, 0.4) is 0 Å². The average Bonchev–Trinajstić information content (AvgIpc) is 3.75. The van der Waals surface area contributed by atoms with Gasteiger partial charge in [0.25, 0.3) is 0 Å². The van der Waals surface area contributed by atoms with Crippen molar-refractivity contribution in [1.29, 1.82) is 15.8 Å². The zero-order valence-corrected chi connectivity index (χ0v) is 24.4. The van der Waals surface area contributed by atoms with Gasteiger partial charge in [0.15, 0.2) is 0 Å². The zero-order chi connectivity index (χ0) is 30.2. The Kier molecular flexibility index (Phi) is 5.20. The maximum Gasteiger partial charge on any atom is 0.102 e. The summed E-state index contributed by atoms with van der Waals surface area (Å²) in [7, 11) is 0. The smallest absolute Gasteiger partial charge is 0.102 e. The van der Waals surface area contributed by atoms with Crippen LogP contribution in [-0.4, -0.2) is 9.13 Å². The van der Waals surface area contributed by atoms with Gasteiger partial charge in [-0.3, -0.25) is 0 Å². The van der Waals surface area contributed by atoms with Gasteiger partial charge in [0, 0.05) is 53.1 Å². The van der Waals surface area contributed by atoms with Crippen LogP contribution in [0.4, 0.5) is 0 Å². The van der Waals surface area contributed by atoms with E-state index < -0.39 is 0 Å². The van der Waals surface area contributed by atoms with Crippen LogP contribution in [0.5, 0.6) is 0 Å². The van der Waals surface area contributed by atoms with E-state index in [9.17, 15) is 15.8 Å². The number of benzene rings is 6. The number of aromatic nitrogens is 2. The van der Waals surface area contributed by atoms with Crippen LogP contribution in [0.25, 0.3) is 75.2 Å². The molecule has 5 nitrogen and oxygen atoms in total. The Bertz CT molecular complexity index is 2810. The SMILES string of the molecule is N#Cc1cc(-n2c3ccccc3c3c4sc5c(ccc6c5c5ccccc5n6-c5ccccc5)c4ccc32)cc(C#N)c1C#N. The van der Waals surface area contributed by atoms with Gasteiger partial charge in [0.1, 0.15) is 18.2 Å². The van der Waals surface area contributed by atoms with Gasteiger partial charge in [-0.05, 0) is 48.5 Å². The number of hydrogen-bond acceptors (Lipinski definition) is 4. The molecule has 3 aromatic heterocycles. The highest BCUT2D eigenvalue weighted by atomic mass is 32.1. The van der Waals surface area contributed by atoms with E-state index >= 15 is 0 Å². The van der Waals surface area contributed by atoms with Crippen molar-refractivity contribution in [3.8, 4) is 29.6 Å². The van der Waals surface area contributed by atoms with Gasteiger partial charge in [-0.1, -0.05) is 66.7 Å². The lowest BCUT2D eigenvalue weighted by atomic mass is 10.0. The van der Waals surface area contributed by atoms with Crippen molar-refractivity contribution in [2.75, 3.05) is 0 Å². The number of rotatable bonds is 2. The zero-order valence-electron chi connectivity index (χ0n) is 23.6. The summed E-state index contributed by atoms with van der Waals surface area (Å²) < 4.78 is 6.89. The molecule has 0 radical (unpaired) electrons. The molecule has 0 unspecified atom stereocenters. The van der Waals surface area contributed by atoms with E-state index in [0.29, 0.717) is 5.69 Å². The molecule has 9 aromatic rings. The minimum atomic E-state index is 0.107. The summed E-state index contributed by atoms with van der Waals surface area (Å²) in [6.45, 7) is 0. The molecule has 0 aliphatic carbocycles. The molecule has 0 atom stereocenters. The van der Waals surface area contributed by atoms with E-state index in [0.717, 1.165) is 27.5 Å². The summed E-state index contributed by atoms with van der Waals surface area (Å²) in [4.78, 5) is 0. The molecule has 0 amide bonds. The normalized spacial score (nSPS) is 11.5. The Hall–Kier alpha value is -6.39. The van der Waals surface area contributed by atoms with Gasteiger partial charge < -0.3 is 9.13 Å². The fraction of sp³-hybridized carbons (Fsp3) is 0. The molecule has 0 N–H and O–H groups in total. The first kappa shape index (κ1) is 25.1. The minimum absolute atomic E-state index is 0.107. The monoisotopic (exact) mass is 589 g/mol. The van der Waals surface area contributed by atoms with Gasteiger partial charge in [-0.2, -0.15) is 15.8 Å². The molecule has 0 bridgehead atoms. The highest BCUT2D eigenvalue weighted by Gasteiger charge is 2.22. The molecule has 45 heavy (non-hydrogen) atoms. The molecule has 6 heteroatoms. The van der Waals surface area contributed by atoms with E-state index in [2.05, 4.69) is 106 Å². The number of para-hydroxylation sites is 3. The Morgan fingerprint density at radius 3 is 1.44 bits per heavy atom. The van der Waals surface area contributed by atoms with E-state index in [1.165, 1.54) is 42.0 Å². The van der Waals surface area contributed by atoms with Crippen molar-refractivity contribution in [2.24, 2.45) is 0 Å². The predicted octanol–water partition coefficient (Wildman–Crippen LogP) is 9.86. The van der Waals surface area contributed by atoms with Crippen LogP contribution >= 0.6 is 11.3 Å². The van der Waals surface area contributed by atoms with E-state index in [1.807, 2.05) is 35.6 Å². The van der Waals surface area contributed by atoms with Crippen molar-refractivity contribution >= 4 is 75.1 Å². The van der Waals surface area contributed by atoms with Crippen LogP contribution < -0.4 is 0 Å². The maximum absolute atomic E-state index is 9.86. The predicted molar refractivity (Wildman–Crippen MR) is 182 cm³/mol. The fourth-order valence-corrected chi connectivity index (χ4v) is 8.40. The summed E-state index contributed by atoms with van der Waals surface area (Å²) in [6.07, 6.45) is 0. The lowest BCUT2D eigenvalue weighted by Crippen LogP contribution is -1.99. The maximum atomic E-state index is 9.86. The van der Waals surface area contributed by atoms with E-state index in [-0.39, 0.29) is 16.7 Å². The molecule has 0 aliphatic heterocycles. The van der Waals surface area contributed by atoms with Gasteiger partial charge in [0.2, 0.25) is 0 Å². The molecule has 0 saturated heterocycles. The lowest BCUT2D eigenvalue weighted by Gasteiger charge is -2.10. The van der Waals surface area contributed by atoms with Crippen LogP contribution in [0.15, 0.2) is 115 Å². The second kappa shape index (κ2) is 9.30. The first-order chi connectivity index (χ1) is 22.2. The van der Waals surface area contributed by atoms with Crippen LogP contribution in [0.2, 0.25) is 0 Å². The third kappa shape index (κ3) is 3.33. The van der Waals surface area contributed by atoms with Gasteiger partial charge in [0.05, 0.1) is 38.8 Å². The van der Waals surface area contributed by atoms with Crippen molar-refractivity contribution in [3.05, 3.63) is 132 Å². The fourth-order valence-electron chi connectivity index (χ4n) is 6.98. The first-order valence-electron chi connectivity index (χ1n) is 14.5. The van der Waals surface area contributed by atoms with Crippen LogP contribution in [0.1, 0.15) is 16.7 Å². The number of nitrogens with zero attached hydrogens (tertiary/aromatic N) is 5. The standard InChI is InChI=1S/C39H19N5S/c40-20-23-18-26(19-24(21-41)31(23)22-42)44-33-13-7-5-11-30(33)37-35(44)17-15-28-27-14-16-34-36(38(27)45-39(28)37)29-10-4-6-12-32(29)43(34)25-8-2-1-3-9-25/h1-19H. The second-order valence-electron chi connectivity index (χ2n) is 11.1. The van der Waals surface area contributed by atoms with Gasteiger partial charge in [-0.15, -0.1) is 11.3 Å². The Morgan fingerprint density at radius 2 is 0.933 bits per heavy atom. The molecule has 0 fully saturated rings. The molecule has 9 rings (SSSR count). The lowest BCUT2D eigenvalue weighted by molar-refractivity contribution is 1.17. The topological polar surface area (TPSA) is 81.2 Å². The van der Waals surface area contributed by atoms with Crippen LogP contribution in [0, 0.1) is 34.0 Å². The summed E-state index contributed by atoms with van der Waals surface area (Å²) >= 11 is 1.81. The average molecular weight is 590 g/mol. The summed E-state index contributed by atoms with van der Waals surface area (Å²) in [5.74, 6) is 0. The van der Waals surface area contributed by atoms with Gasteiger partial charge in [-0.25, -0.2) is 0 Å². The minimum Gasteiger partial charge on any atom is -0.309 e. The Balaban J connectivity index is 1.43. The quantitative estimate of drug-likeness (QED) is 0.201. The highest BCUT2D eigenvalue weighted by molar-refractivity contribution is 7.27. The van der Waals surface area contributed by atoms with Crippen molar-refractivity contribution in [2.45, 2.75) is 0 Å². The largest absolute Gasteiger partial charge is 0.309 e. The molecule has 0 saturated carbocycles. The summed E-state index contributed by atoms with van der Waals surface area (Å²) in [5.41, 5.74) is 6.60. The first-order valence-corrected chi connectivity index (χ1v) is 15.3. The van der Waals surface area contributed by atoms with Crippen molar-refractivity contribution in [1.82, 2.24) is 9.13 Å². The van der Waals surface area contributed by atoms with E-state index in [1.54, 1.807) is 12.1 Å². The molecular formula is C39H19N5S. The Labute approximate surface area is 260 Å². The number of nitriles is 3. The summed E-state index contributed by atoms with van der Waals surface area (Å²) in [5, 5.41) is 36.5. The van der Waals surface area contributed by atoms with Crippen LogP contribution in [-0.2, 0) is 0 Å². The Morgan fingerprint density at radius 1 is 0.444 bits per heavy atom. The molecule has 6 aromatic carbocycles. The summed E-state index contributed by atoms with van der Waals surface area (Å²) in [6, 6.07) is 45.9. The number of hydrogen-bond donors (Lipinski definition) is 0. The number of fused-ring (bicyclic) bond motifs is 11. The molecule has 0 aliphatic rings. The molecule has 206 valence electrons. The second-order valence-corrected chi connectivity index (χ2v) is 12.1. The molecular weight excluding hydrogens is 571 g/mol. The molecule has 3 heterocycles. The van der Waals surface area contributed by atoms with Crippen molar-refractivity contribution in [3.63, 3.8) is 0 Å². The number of thiophene rings is 1.